The molecule has 1 aliphatic heterocycles. The summed E-state index contributed by atoms with van der Waals surface area (Å²) in [6.07, 6.45) is 0.877. The monoisotopic (exact) mass is 332 g/mol. The lowest BCUT2D eigenvalue weighted by molar-refractivity contribution is -0.135. The average Bonchev–Trinajstić information content (AvgIpc) is 2.58. The molecule has 1 saturated heterocycles. The summed E-state index contributed by atoms with van der Waals surface area (Å²) in [6, 6.07) is -0.478. The highest BCUT2D eigenvalue weighted by atomic mass is 16.6. The van der Waals surface area contributed by atoms with Gasteiger partial charge >= 0.3 is 0 Å². The summed E-state index contributed by atoms with van der Waals surface area (Å²) < 4.78 is 21.8. The molecule has 1 aliphatic rings. The number of rotatable bonds is 3. The Hall–Kier alpha value is -0.730. The molecule has 136 valence electrons. The Labute approximate surface area is 139 Å². The smallest absolute Gasteiger partial charge is 0.239 e. The second kappa shape index (κ2) is 12.7. The van der Waals surface area contributed by atoms with Crippen LogP contribution in [0.15, 0.2) is 0 Å². The molecule has 0 radical (unpaired) electrons. The number of carbonyl (C=O) groups excluding carboxylic acids is 1. The third-order valence-corrected chi connectivity index (χ3v) is 3.98. The van der Waals surface area contributed by atoms with Crippen LogP contribution >= 0.6 is 0 Å². The molecule has 0 aliphatic carbocycles. The van der Waals surface area contributed by atoms with E-state index in [0.29, 0.717) is 65.9 Å². The first kappa shape index (κ1) is 20.3. The molecule has 7 heteroatoms. The Balaban J connectivity index is 2.49. The highest BCUT2D eigenvalue weighted by Gasteiger charge is 2.24. The van der Waals surface area contributed by atoms with Gasteiger partial charge in [-0.3, -0.25) is 4.79 Å². The number of hydrogen-bond acceptors (Lipinski definition) is 6. The number of nitrogens with zero attached hydrogens (tertiary/aromatic N) is 1. The molecule has 1 amide bonds. The molecule has 2 atom stereocenters. The van der Waals surface area contributed by atoms with Gasteiger partial charge in [-0.2, -0.15) is 0 Å². The van der Waals surface area contributed by atoms with Gasteiger partial charge in [0.15, 0.2) is 0 Å². The summed E-state index contributed by atoms with van der Waals surface area (Å²) in [7, 11) is 0. The molecule has 0 bridgehead atoms. The van der Waals surface area contributed by atoms with Crippen LogP contribution in [-0.4, -0.2) is 82.8 Å². The van der Waals surface area contributed by atoms with Crippen LogP contribution in [0.3, 0.4) is 0 Å². The highest BCUT2D eigenvalue weighted by molar-refractivity contribution is 5.82. The summed E-state index contributed by atoms with van der Waals surface area (Å²) in [5.74, 6) is 0.117. The third kappa shape index (κ3) is 8.62. The van der Waals surface area contributed by atoms with Crippen molar-refractivity contribution < 1.29 is 23.7 Å². The second-order valence-corrected chi connectivity index (χ2v) is 5.69. The molecule has 0 spiro atoms. The molecule has 0 unspecified atom stereocenters. The number of hydrogen-bond donors (Lipinski definition) is 1. The molecule has 0 aromatic heterocycles. The van der Waals surface area contributed by atoms with Crippen molar-refractivity contribution in [2.75, 3.05) is 65.9 Å². The average molecular weight is 332 g/mol. The predicted molar refractivity (Wildman–Crippen MR) is 87.3 cm³/mol. The quantitative estimate of drug-likeness (QED) is 0.799. The Morgan fingerprint density at radius 1 is 0.913 bits per heavy atom. The van der Waals surface area contributed by atoms with Gasteiger partial charge in [0.05, 0.1) is 58.9 Å². The van der Waals surface area contributed by atoms with Gasteiger partial charge in [-0.05, 0) is 5.92 Å². The Bertz CT molecular complexity index is 301. The SMILES string of the molecule is CC[C@H](C)[C@H](N)C(=O)N1CCOCCOCCOCCOCC1. The van der Waals surface area contributed by atoms with Crippen LogP contribution in [0.2, 0.25) is 0 Å². The number of nitrogens with two attached hydrogens (primary N) is 1. The molecule has 1 fully saturated rings. The maximum atomic E-state index is 12.5. The van der Waals surface area contributed by atoms with Crippen molar-refractivity contribution in [3.63, 3.8) is 0 Å². The van der Waals surface area contributed by atoms with Crippen molar-refractivity contribution >= 4 is 5.91 Å². The van der Waals surface area contributed by atoms with Gasteiger partial charge in [-0.15, -0.1) is 0 Å². The van der Waals surface area contributed by atoms with Crippen molar-refractivity contribution in [2.24, 2.45) is 11.7 Å². The van der Waals surface area contributed by atoms with E-state index in [1.807, 2.05) is 13.8 Å². The maximum Gasteiger partial charge on any atom is 0.239 e. The van der Waals surface area contributed by atoms with Gasteiger partial charge in [0.25, 0.3) is 0 Å². The lowest BCUT2D eigenvalue weighted by atomic mass is 9.99. The summed E-state index contributed by atoms with van der Waals surface area (Å²) >= 11 is 0. The van der Waals surface area contributed by atoms with Gasteiger partial charge in [0.1, 0.15) is 0 Å². The third-order valence-electron chi connectivity index (χ3n) is 3.98. The number of carbonyl (C=O) groups is 1. The van der Waals surface area contributed by atoms with E-state index in [1.54, 1.807) is 4.90 Å². The van der Waals surface area contributed by atoms with Crippen LogP contribution in [0.1, 0.15) is 20.3 Å². The van der Waals surface area contributed by atoms with E-state index in [9.17, 15) is 4.79 Å². The van der Waals surface area contributed by atoms with E-state index < -0.39 is 6.04 Å². The fourth-order valence-electron chi connectivity index (χ4n) is 2.15. The predicted octanol–water partition coefficient (Wildman–Crippen LogP) is 0.268. The summed E-state index contributed by atoms with van der Waals surface area (Å²) in [6.45, 7) is 9.19. The molecule has 0 aromatic rings. The zero-order valence-electron chi connectivity index (χ0n) is 14.5. The van der Waals surface area contributed by atoms with Crippen LogP contribution < -0.4 is 5.73 Å². The Kier molecular flexibility index (Phi) is 11.2. The lowest BCUT2D eigenvalue weighted by Gasteiger charge is -2.28. The van der Waals surface area contributed by atoms with Crippen LogP contribution in [0.25, 0.3) is 0 Å². The minimum Gasteiger partial charge on any atom is -0.377 e. The first-order chi connectivity index (χ1) is 11.2. The van der Waals surface area contributed by atoms with Crippen molar-refractivity contribution in [1.82, 2.24) is 4.90 Å². The minimum atomic E-state index is -0.478. The normalized spacial score (nSPS) is 22.7. The van der Waals surface area contributed by atoms with Gasteiger partial charge in [0, 0.05) is 13.1 Å². The fourth-order valence-corrected chi connectivity index (χ4v) is 2.15. The largest absolute Gasteiger partial charge is 0.377 e. The van der Waals surface area contributed by atoms with E-state index >= 15 is 0 Å². The Morgan fingerprint density at radius 3 is 1.70 bits per heavy atom. The van der Waals surface area contributed by atoms with E-state index in [-0.39, 0.29) is 11.8 Å². The molecular weight excluding hydrogens is 300 g/mol. The topological polar surface area (TPSA) is 83.3 Å². The molecule has 23 heavy (non-hydrogen) atoms. The van der Waals surface area contributed by atoms with Crippen molar-refractivity contribution in [3.05, 3.63) is 0 Å². The maximum absolute atomic E-state index is 12.5. The summed E-state index contributed by atoms with van der Waals surface area (Å²) in [4.78, 5) is 14.3. The molecule has 0 saturated carbocycles. The van der Waals surface area contributed by atoms with Gasteiger partial charge in [0.2, 0.25) is 5.91 Å². The van der Waals surface area contributed by atoms with E-state index in [0.717, 1.165) is 6.42 Å². The highest BCUT2D eigenvalue weighted by Crippen LogP contribution is 2.08. The van der Waals surface area contributed by atoms with Crippen molar-refractivity contribution in [2.45, 2.75) is 26.3 Å². The molecular formula is C16H32N2O5. The zero-order chi connectivity index (χ0) is 16.9. The van der Waals surface area contributed by atoms with E-state index in [1.165, 1.54) is 0 Å². The number of ether oxygens (including phenoxy) is 4. The molecule has 1 rings (SSSR count). The van der Waals surface area contributed by atoms with E-state index in [4.69, 9.17) is 24.7 Å². The van der Waals surface area contributed by atoms with E-state index in [2.05, 4.69) is 0 Å². The lowest BCUT2D eigenvalue weighted by Crippen LogP contribution is -2.49. The Morgan fingerprint density at radius 2 is 1.30 bits per heavy atom. The van der Waals surface area contributed by atoms with Gasteiger partial charge in [-0.25, -0.2) is 0 Å². The summed E-state index contributed by atoms with van der Waals surface area (Å²) in [5, 5.41) is 0. The zero-order valence-corrected chi connectivity index (χ0v) is 14.5. The summed E-state index contributed by atoms with van der Waals surface area (Å²) in [5.41, 5.74) is 6.07. The van der Waals surface area contributed by atoms with Crippen LogP contribution in [0.4, 0.5) is 0 Å². The number of amides is 1. The van der Waals surface area contributed by atoms with Crippen LogP contribution in [0, 0.1) is 5.92 Å². The molecule has 1 heterocycles. The van der Waals surface area contributed by atoms with Gasteiger partial charge < -0.3 is 29.6 Å². The second-order valence-electron chi connectivity index (χ2n) is 5.69. The molecule has 7 nitrogen and oxygen atoms in total. The molecule has 2 N–H and O–H groups in total. The molecule has 0 aromatic carbocycles. The van der Waals surface area contributed by atoms with Crippen molar-refractivity contribution in [1.29, 1.82) is 0 Å². The standard InChI is InChI=1S/C16H32N2O5/c1-3-14(2)15(17)16(19)18-4-6-20-8-10-22-12-13-23-11-9-21-7-5-18/h14-15H,3-13,17H2,1-2H3/t14-,15-/m0/s1. The first-order valence-electron chi connectivity index (χ1n) is 8.52. The van der Waals surface area contributed by atoms with Gasteiger partial charge in [-0.1, -0.05) is 20.3 Å². The van der Waals surface area contributed by atoms with Crippen molar-refractivity contribution in [3.8, 4) is 0 Å². The van der Waals surface area contributed by atoms with Crippen LogP contribution in [-0.2, 0) is 23.7 Å². The first-order valence-corrected chi connectivity index (χ1v) is 8.52. The fraction of sp³-hybridized carbons (Fsp3) is 0.938. The minimum absolute atomic E-state index is 0.0385. The van der Waals surface area contributed by atoms with Crippen LogP contribution in [0.5, 0.6) is 0 Å².